The van der Waals surface area contributed by atoms with Crippen LogP contribution in [0.5, 0.6) is 0 Å². The molecular formula is C21H39B. The van der Waals surface area contributed by atoms with Crippen molar-refractivity contribution < 1.29 is 0 Å². The SMILES string of the molecule is BC1CCCC(C23CCCC(C(C)(C)C)(CCC2)C3)CCC1. The molecule has 0 nitrogen and oxygen atoms in total. The van der Waals surface area contributed by atoms with Gasteiger partial charge in [-0.25, -0.2) is 0 Å². The van der Waals surface area contributed by atoms with E-state index in [4.69, 9.17) is 0 Å². The van der Waals surface area contributed by atoms with Crippen LogP contribution in [0.1, 0.15) is 104 Å². The molecule has 3 aliphatic carbocycles. The predicted octanol–water partition coefficient (Wildman–Crippen LogP) is 6.16. The summed E-state index contributed by atoms with van der Waals surface area (Å²) < 4.78 is 0. The van der Waals surface area contributed by atoms with E-state index in [1.807, 2.05) is 0 Å². The van der Waals surface area contributed by atoms with Crippen LogP contribution < -0.4 is 0 Å². The lowest BCUT2D eigenvalue weighted by Crippen LogP contribution is -2.50. The third-order valence-corrected chi connectivity index (χ3v) is 8.31. The van der Waals surface area contributed by atoms with Crippen LogP contribution in [0.25, 0.3) is 0 Å². The highest BCUT2D eigenvalue weighted by Crippen LogP contribution is 2.65. The van der Waals surface area contributed by atoms with Gasteiger partial charge in [0.05, 0.1) is 0 Å². The molecule has 0 aromatic carbocycles. The van der Waals surface area contributed by atoms with E-state index in [2.05, 4.69) is 28.6 Å². The van der Waals surface area contributed by atoms with Crippen LogP contribution in [-0.2, 0) is 0 Å². The molecule has 0 radical (unpaired) electrons. The third-order valence-electron chi connectivity index (χ3n) is 8.31. The van der Waals surface area contributed by atoms with Gasteiger partial charge in [0, 0.05) is 0 Å². The molecule has 1 heteroatoms. The molecule has 0 saturated heterocycles. The number of fused-ring (bicyclic) bond motifs is 2. The lowest BCUT2D eigenvalue weighted by Gasteiger charge is -2.60. The summed E-state index contributed by atoms with van der Waals surface area (Å²) in [4.78, 5) is 0. The van der Waals surface area contributed by atoms with Gasteiger partial charge >= 0.3 is 0 Å². The standard InChI is InChI=1S/C21H39B/c1-19(2,3)21-14-6-12-20(16-21,13-7-15-21)17-8-4-10-18(22)11-5-9-17/h17-18H,4-16,22H2,1-3H3. The first-order valence-electron chi connectivity index (χ1n) is 10.4. The Hall–Kier alpha value is 0.0649. The molecule has 3 saturated carbocycles. The molecule has 126 valence electrons. The van der Waals surface area contributed by atoms with E-state index in [-0.39, 0.29) is 0 Å². The molecule has 2 bridgehead atoms. The Morgan fingerprint density at radius 3 is 1.82 bits per heavy atom. The number of hydrogen-bond acceptors (Lipinski definition) is 0. The van der Waals surface area contributed by atoms with Gasteiger partial charge < -0.3 is 0 Å². The topological polar surface area (TPSA) is 0 Å². The average Bonchev–Trinajstić information content (AvgIpc) is 2.41. The van der Waals surface area contributed by atoms with Gasteiger partial charge in [0.25, 0.3) is 0 Å². The molecule has 3 rings (SSSR count). The largest absolute Gasteiger partial charge is 0.105 e. The molecule has 0 unspecified atom stereocenters. The van der Waals surface area contributed by atoms with Gasteiger partial charge in [0.1, 0.15) is 7.85 Å². The van der Waals surface area contributed by atoms with Crippen molar-refractivity contribution in [2.24, 2.45) is 22.2 Å². The smallest absolute Gasteiger partial charge is 0.0697 e. The van der Waals surface area contributed by atoms with Gasteiger partial charge in [-0.1, -0.05) is 65.1 Å². The first kappa shape index (κ1) is 16.9. The Kier molecular flexibility index (Phi) is 4.74. The highest BCUT2D eigenvalue weighted by molar-refractivity contribution is 6.11. The van der Waals surface area contributed by atoms with Gasteiger partial charge in [0.2, 0.25) is 0 Å². The Morgan fingerprint density at radius 1 is 0.773 bits per heavy atom. The molecule has 0 aromatic rings. The van der Waals surface area contributed by atoms with E-state index >= 15 is 0 Å². The first-order chi connectivity index (χ1) is 10.4. The lowest BCUT2D eigenvalue weighted by molar-refractivity contribution is -0.100. The van der Waals surface area contributed by atoms with E-state index in [1.165, 1.54) is 51.4 Å². The summed E-state index contributed by atoms with van der Waals surface area (Å²) in [5, 5.41) is 0. The zero-order chi connectivity index (χ0) is 15.8. The van der Waals surface area contributed by atoms with Crippen molar-refractivity contribution in [2.75, 3.05) is 0 Å². The van der Waals surface area contributed by atoms with Gasteiger partial charge in [-0.15, -0.1) is 0 Å². The Bertz CT molecular complexity index is 358. The highest BCUT2D eigenvalue weighted by atomic mass is 14.6. The zero-order valence-electron chi connectivity index (χ0n) is 15.8. The summed E-state index contributed by atoms with van der Waals surface area (Å²) >= 11 is 0. The quantitative estimate of drug-likeness (QED) is 0.509. The van der Waals surface area contributed by atoms with Crippen molar-refractivity contribution in [1.82, 2.24) is 0 Å². The Balaban J connectivity index is 1.79. The fourth-order valence-corrected chi connectivity index (χ4v) is 6.73. The molecule has 0 aliphatic heterocycles. The summed E-state index contributed by atoms with van der Waals surface area (Å²) in [5.74, 6) is 2.05. The molecule has 0 heterocycles. The monoisotopic (exact) mass is 302 g/mol. The molecule has 3 aliphatic rings. The van der Waals surface area contributed by atoms with E-state index in [9.17, 15) is 0 Å². The summed E-state index contributed by atoms with van der Waals surface area (Å²) in [6, 6.07) is 0. The van der Waals surface area contributed by atoms with Gasteiger partial charge in [0.15, 0.2) is 0 Å². The second kappa shape index (κ2) is 6.17. The summed E-state index contributed by atoms with van der Waals surface area (Å²) in [7, 11) is 2.48. The van der Waals surface area contributed by atoms with Crippen molar-refractivity contribution in [3.63, 3.8) is 0 Å². The normalized spacial score (nSPS) is 44.1. The summed E-state index contributed by atoms with van der Waals surface area (Å²) in [5.41, 5.74) is 1.92. The summed E-state index contributed by atoms with van der Waals surface area (Å²) in [6.07, 6.45) is 19.9. The fraction of sp³-hybridized carbons (Fsp3) is 1.00. The minimum absolute atomic E-state index is 0.509. The van der Waals surface area contributed by atoms with Crippen LogP contribution in [0.4, 0.5) is 0 Å². The van der Waals surface area contributed by atoms with Crippen LogP contribution in [0.3, 0.4) is 0 Å². The van der Waals surface area contributed by atoms with E-state index in [0.717, 1.165) is 17.2 Å². The van der Waals surface area contributed by atoms with E-state index in [1.54, 1.807) is 32.1 Å². The number of rotatable bonds is 1. The molecule has 0 aromatic heterocycles. The predicted molar refractivity (Wildman–Crippen MR) is 100 cm³/mol. The van der Waals surface area contributed by atoms with Crippen molar-refractivity contribution in [3.05, 3.63) is 0 Å². The zero-order valence-corrected chi connectivity index (χ0v) is 15.8. The van der Waals surface area contributed by atoms with Crippen molar-refractivity contribution >= 4 is 7.85 Å². The van der Waals surface area contributed by atoms with E-state index in [0.29, 0.717) is 10.8 Å². The molecule has 0 amide bonds. The van der Waals surface area contributed by atoms with Crippen LogP contribution in [0, 0.1) is 22.2 Å². The van der Waals surface area contributed by atoms with Gasteiger partial charge in [-0.05, 0) is 67.1 Å². The maximum absolute atomic E-state index is 2.54. The second-order valence-corrected chi connectivity index (χ2v) is 10.4. The van der Waals surface area contributed by atoms with Gasteiger partial charge in [-0.2, -0.15) is 0 Å². The Labute approximate surface area is 140 Å². The molecule has 0 N–H and O–H groups in total. The minimum atomic E-state index is 0.509. The number of hydrogen-bond donors (Lipinski definition) is 0. The maximum Gasteiger partial charge on any atom is 0.105 e. The van der Waals surface area contributed by atoms with Gasteiger partial charge in [-0.3, -0.25) is 0 Å². The Morgan fingerprint density at radius 2 is 1.32 bits per heavy atom. The maximum atomic E-state index is 2.54. The van der Waals surface area contributed by atoms with E-state index < -0.39 is 0 Å². The van der Waals surface area contributed by atoms with Crippen LogP contribution >= 0.6 is 0 Å². The van der Waals surface area contributed by atoms with Crippen molar-refractivity contribution in [3.8, 4) is 0 Å². The molecule has 22 heavy (non-hydrogen) atoms. The van der Waals surface area contributed by atoms with Crippen LogP contribution in [0.2, 0.25) is 5.82 Å². The molecule has 3 fully saturated rings. The first-order valence-corrected chi connectivity index (χ1v) is 10.4. The molecular weight excluding hydrogens is 263 g/mol. The van der Waals surface area contributed by atoms with Crippen molar-refractivity contribution in [2.45, 2.75) is 110 Å². The van der Waals surface area contributed by atoms with Crippen molar-refractivity contribution in [1.29, 1.82) is 0 Å². The molecule has 0 spiro atoms. The average molecular weight is 302 g/mol. The molecule has 0 atom stereocenters. The lowest BCUT2D eigenvalue weighted by atomic mass is 9.44. The minimum Gasteiger partial charge on any atom is -0.0697 e. The second-order valence-electron chi connectivity index (χ2n) is 10.4. The fourth-order valence-electron chi connectivity index (χ4n) is 6.73. The summed E-state index contributed by atoms with van der Waals surface area (Å²) in [6.45, 7) is 7.61. The third kappa shape index (κ3) is 3.03. The van der Waals surface area contributed by atoms with Crippen LogP contribution in [0.15, 0.2) is 0 Å². The van der Waals surface area contributed by atoms with Crippen LogP contribution in [-0.4, -0.2) is 7.85 Å². The highest BCUT2D eigenvalue weighted by Gasteiger charge is 2.54.